The van der Waals surface area contributed by atoms with Crippen molar-refractivity contribution in [1.82, 2.24) is 9.46 Å². The highest BCUT2D eigenvalue weighted by molar-refractivity contribution is 7.89. The zero-order valence-corrected chi connectivity index (χ0v) is 12.0. The maximum atomic E-state index is 12.5. The molecule has 0 aliphatic carbocycles. The zero-order chi connectivity index (χ0) is 13.4. The van der Waals surface area contributed by atoms with Crippen LogP contribution in [0, 0.1) is 13.8 Å². The summed E-state index contributed by atoms with van der Waals surface area (Å²) in [4.78, 5) is 0.194. The topological polar surface area (TPSA) is 63.4 Å². The van der Waals surface area contributed by atoms with E-state index in [2.05, 4.69) is 5.16 Å². The molecular formula is C11H20N2O3S. The third kappa shape index (κ3) is 2.52. The highest BCUT2D eigenvalue weighted by Gasteiger charge is 2.34. The molecule has 5 nitrogen and oxygen atoms in total. The second-order valence-electron chi connectivity index (χ2n) is 4.68. The van der Waals surface area contributed by atoms with Gasteiger partial charge in [-0.25, -0.2) is 8.42 Å². The van der Waals surface area contributed by atoms with Gasteiger partial charge in [0.05, 0.1) is 0 Å². The number of rotatable bonds is 4. The third-order valence-corrected chi connectivity index (χ3v) is 5.02. The standard InChI is InChI=1S/C11H20N2O3S/c1-7(2)13(8(3)4)17(14,15)11-9(5)12-16-10(11)6/h7-8H,1-6H3. The second-order valence-corrected chi connectivity index (χ2v) is 6.46. The first-order valence-corrected chi connectivity index (χ1v) is 7.10. The predicted molar refractivity (Wildman–Crippen MR) is 65.3 cm³/mol. The maximum Gasteiger partial charge on any atom is 0.248 e. The number of hydrogen-bond donors (Lipinski definition) is 0. The molecular weight excluding hydrogens is 240 g/mol. The summed E-state index contributed by atoms with van der Waals surface area (Å²) in [5.41, 5.74) is 0.411. The van der Waals surface area contributed by atoms with Gasteiger partial charge in [0.15, 0.2) is 5.76 Å². The van der Waals surface area contributed by atoms with Crippen molar-refractivity contribution in [3.8, 4) is 0 Å². The third-order valence-electron chi connectivity index (χ3n) is 2.52. The Bertz CT molecular complexity index is 461. The number of nitrogens with zero attached hydrogens (tertiary/aromatic N) is 2. The van der Waals surface area contributed by atoms with Crippen LogP contribution in [-0.4, -0.2) is 30.0 Å². The lowest BCUT2D eigenvalue weighted by Crippen LogP contribution is -2.42. The van der Waals surface area contributed by atoms with Crippen molar-refractivity contribution in [3.05, 3.63) is 11.5 Å². The Labute approximate surface area is 103 Å². The SMILES string of the molecule is Cc1noc(C)c1S(=O)(=O)N(C(C)C)C(C)C. The molecule has 0 unspecified atom stereocenters. The molecule has 17 heavy (non-hydrogen) atoms. The summed E-state index contributed by atoms with van der Waals surface area (Å²) >= 11 is 0. The van der Waals surface area contributed by atoms with Crippen LogP contribution in [0.15, 0.2) is 9.42 Å². The molecule has 0 fully saturated rings. The summed E-state index contributed by atoms with van der Waals surface area (Å²) < 4.78 is 31.5. The summed E-state index contributed by atoms with van der Waals surface area (Å²) in [6, 6.07) is -0.206. The van der Waals surface area contributed by atoms with Gasteiger partial charge in [0.1, 0.15) is 10.6 Å². The van der Waals surface area contributed by atoms with E-state index in [0.29, 0.717) is 11.5 Å². The summed E-state index contributed by atoms with van der Waals surface area (Å²) in [6.07, 6.45) is 0. The van der Waals surface area contributed by atoms with Crippen LogP contribution in [0.2, 0.25) is 0 Å². The smallest absolute Gasteiger partial charge is 0.248 e. The van der Waals surface area contributed by atoms with E-state index in [1.165, 1.54) is 4.31 Å². The average molecular weight is 260 g/mol. The van der Waals surface area contributed by atoms with E-state index in [4.69, 9.17) is 4.52 Å². The molecule has 1 aromatic rings. The lowest BCUT2D eigenvalue weighted by molar-refractivity contribution is 0.301. The Balaban J connectivity index is 3.37. The van der Waals surface area contributed by atoms with Gasteiger partial charge in [-0.3, -0.25) is 0 Å². The minimum atomic E-state index is -3.54. The molecule has 0 spiro atoms. The first kappa shape index (κ1) is 14.2. The lowest BCUT2D eigenvalue weighted by atomic mass is 10.3. The maximum absolute atomic E-state index is 12.5. The molecule has 0 bridgehead atoms. The minimum Gasteiger partial charge on any atom is -0.360 e. The lowest BCUT2D eigenvalue weighted by Gasteiger charge is -2.29. The Morgan fingerprint density at radius 3 is 1.88 bits per heavy atom. The number of hydrogen-bond acceptors (Lipinski definition) is 4. The molecule has 0 saturated carbocycles. The van der Waals surface area contributed by atoms with Crippen LogP contribution in [0.25, 0.3) is 0 Å². The van der Waals surface area contributed by atoms with Gasteiger partial charge < -0.3 is 4.52 Å². The van der Waals surface area contributed by atoms with Crippen LogP contribution < -0.4 is 0 Å². The van der Waals surface area contributed by atoms with E-state index in [1.54, 1.807) is 13.8 Å². The van der Waals surface area contributed by atoms with Gasteiger partial charge in [0, 0.05) is 12.1 Å². The van der Waals surface area contributed by atoms with Gasteiger partial charge in [-0.05, 0) is 41.5 Å². The summed E-state index contributed by atoms with van der Waals surface area (Å²) in [7, 11) is -3.54. The van der Waals surface area contributed by atoms with Gasteiger partial charge in [-0.1, -0.05) is 5.16 Å². The van der Waals surface area contributed by atoms with Crippen LogP contribution in [0.4, 0.5) is 0 Å². The van der Waals surface area contributed by atoms with Crippen LogP contribution in [0.3, 0.4) is 0 Å². The molecule has 0 atom stereocenters. The molecule has 0 aliphatic heterocycles. The van der Waals surface area contributed by atoms with E-state index in [0.717, 1.165) is 0 Å². The Kier molecular flexibility index (Phi) is 3.99. The molecule has 0 N–H and O–H groups in total. The van der Waals surface area contributed by atoms with Crippen LogP contribution in [0.5, 0.6) is 0 Å². The predicted octanol–water partition coefficient (Wildman–Crippen LogP) is 2.10. The van der Waals surface area contributed by atoms with Crippen LogP contribution in [0.1, 0.15) is 39.1 Å². The molecule has 0 radical (unpaired) electrons. The average Bonchev–Trinajstić information content (AvgIpc) is 2.43. The minimum absolute atomic E-state index is 0.103. The fourth-order valence-corrected chi connectivity index (χ4v) is 4.23. The largest absolute Gasteiger partial charge is 0.360 e. The van der Waals surface area contributed by atoms with Crippen molar-refractivity contribution in [2.24, 2.45) is 0 Å². The second kappa shape index (κ2) is 4.78. The Morgan fingerprint density at radius 2 is 1.59 bits per heavy atom. The quantitative estimate of drug-likeness (QED) is 0.831. The first-order chi connectivity index (χ1) is 7.69. The number of aryl methyl sites for hydroxylation is 2. The summed E-state index contributed by atoms with van der Waals surface area (Å²) in [6.45, 7) is 10.7. The molecule has 1 rings (SSSR count). The van der Waals surface area contributed by atoms with Crippen molar-refractivity contribution in [3.63, 3.8) is 0 Å². The zero-order valence-electron chi connectivity index (χ0n) is 11.2. The molecule has 6 heteroatoms. The van der Waals surface area contributed by atoms with Gasteiger partial charge >= 0.3 is 0 Å². The Morgan fingerprint density at radius 1 is 1.12 bits per heavy atom. The molecule has 0 aliphatic rings. The fourth-order valence-electron chi connectivity index (χ4n) is 2.10. The Hall–Kier alpha value is -0.880. The molecule has 1 heterocycles. The van der Waals surface area contributed by atoms with Gasteiger partial charge in [-0.15, -0.1) is 0 Å². The van der Waals surface area contributed by atoms with Gasteiger partial charge in [0.25, 0.3) is 0 Å². The molecule has 0 aromatic carbocycles. The van der Waals surface area contributed by atoms with E-state index < -0.39 is 10.0 Å². The van der Waals surface area contributed by atoms with Crippen molar-refractivity contribution < 1.29 is 12.9 Å². The summed E-state index contributed by atoms with van der Waals surface area (Å²) in [5.74, 6) is 0.341. The van der Waals surface area contributed by atoms with Gasteiger partial charge in [-0.2, -0.15) is 4.31 Å². The normalized spacial score (nSPS) is 13.0. The van der Waals surface area contributed by atoms with E-state index in [-0.39, 0.29) is 17.0 Å². The molecule has 1 aromatic heterocycles. The molecule has 0 saturated heterocycles. The molecule has 98 valence electrons. The van der Waals surface area contributed by atoms with Crippen molar-refractivity contribution in [1.29, 1.82) is 0 Å². The van der Waals surface area contributed by atoms with E-state index in [9.17, 15) is 8.42 Å². The van der Waals surface area contributed by atoms with Gasteiger partial charge in [0.2, 0.25) is 10.0 Å². The van der Waals surface area contributed by atoms with Crippen molar-refractivity contribution in [2.75, 3.05) is 0 Å². The first-order valence-electron chi connectivity index (χ1n) is 5.66. The summed E-state index contributed by atoms with van der Waals surface area (Å²) in [5, 5.41) is 3.70. The van der Waals surface area contributed by atoms with Crippen LogP contribution >= 0.6 is 0 Å². The highest BCUT2D eigenvalue weighted by atomic mass is 32.2. The van der Waals surface area contributed by atoms with E-state index >= 15 is 0 Å². The highest BCUT2D eigenvalue weighted by Crippen LogP contribution is 2.26. The fraction of sp³-hybridized carbons (Fsp3) is 0.727. The number of sulfonamides is 1. The van der Waals surface area contributed by atoms with E-state index in [1.807, 2.05) is 27.7 Å². The van der Waals surface area contributed by atoms with Crippen LogP contribution in [-0.2, 0) is 10.0 Å². The number of aromatic nitrogens is 1. The van der Waals surface area contributed by atoms with Crippen molar-refractivity contribution in [2.45, 2.75) is 58.5 Å². The monoisotopic (exact) mass is 260 g/mol. The molecule has 0 amide bonds. The van der Waals surface area contributed by atoms with Crippen molar-refractivity contribution >= 4 is 10.0 Å².